The van der Waals surface area contributed by atoms with Crippen LogP contribution in [-0.4, -0.2) is 46.4 Å². The molecule has 0 radical (unpaired) electrons. The molecule has 1 amide bonds. The van der Waals surface area contributed by atoms with E-state index < -0.39 is 0 Å². The Hall–Kier alpha value is -1.36. The van der Waals surface area contributed by atoms with Gasteiger partial charge in [0.15, 0.2) is 0 Å². The van der Waals surface area contributed by atoms with Crippen LogP contribution in [0.4, 0.5) is 0 Å². The summed E-state index contributed by atoms with van der Waals surface area (Å²) in [6.45, 7) is 4.69. The third-order valence-corrected chi connectivity index (χ3v) is 4.38. The van der Waals surface area contributed by atoms with Crippen LogP contribution in [-0.2, 0) is 16.1 Å². The highest BCUT2D eigenvalue weighted by Gasteiger charge is 2.28. The highest BCUT2D eigenvalue weighted by atomic mass is 16.5. The minimum atomic E-state index is 0.143. The molecule has 2 fully saturated rings. The summed E-state index contributed by atoms with van der Waals surface area (Å²) in [7, 11) is 0. The summed E-state index contributed by atoms with van der Waals surface area (Å²) < 4.78 is 7.52. The molecule has 1 aromatic rings. The summed E-state index contributed by atoms with van der Waals surface area (Å²) in [5.74, 6) is 0.853. The average molecular weight is 291 g/mol. The van der Waals surface area contributed by atoms with Crippen LogP contribution in [0.25, 0.3) is 0 Å². The van der Waals surface area contributed by atoms with Gasteiger partial charge in [0.2, 0.25) is 5.91 Å². The highest BCUT2D eigenvalue weighted by molar-refractivity contribution is 5.77. The maximum Gasteiger partial charge on any atom is 0.248 e. The molecule has 1 aliphatic heterocycles. The van der Waals surface area contributed by atoms with Crippen molar-refractivity contribution in [2.75, 3.05) is 19.8 Å². The molecule has 5 nitrogen and oxygen atoms in total. The molecule has 1 saturated heterocycles. The first-order valence-corrected chi connectivity index (χ1v) is 8.08. The van der Waals surface area contributed by atoms with Crippen LogP contribution in [0.15, 0.2) is 12.4 Å². The maximum absolute atomic E-state index is 12.4. The number of carbonyl (C=O) groups excluding carboxylic acids is 1. The molecular formula is C16H25N3O2. The number of piperidine rings is 1. The Bertz CT molecular complexity index is 482. The van der Waals surface area contributed by atoms with Gasteiger partial charge in [-0.1, -0.05) is 0 Å². The monoisotopic (exact) mass is 291 g/mol. The molecule has 1 atom stereocenters. The van der Waals surface area contributed by atoms with Gasteiger partial charge in [0, 0.05) is 12.7 Å². The number of aromatic nitrogens is 2. The Morgan fingerprint density at radius 3 is 2.95 bits per heavy atom. The van der Waals surface area contributed by atoms with E-state index in [1.165, 1.54) is 19.3 Å². The number of ether oxygens (including phenoxy) is 1. The lowest BCUT2D eigenvalue weighted by molar-refractivity contribution is -0.140. The second-order valence-corrected chi connectivity index (χ2v) is 6.43. The van der Waals surface area contributed by atoms with Crippen molar-refractivity contribution in [3.63, 3.8) is 0 Å². The number of nitrogens with zero attached hydrogens (tertiary/aromatic N) is 3. The molecule has 116 valence electrons. The molecule has 2 aliphatic rings. The first-order valence-electron chi connectivity index (χ1n) is 8.08. The number of aryl methyl sites for hydroxylation is 1. The molecule has 0 unspecified atom stereocenters. The number of rotatable bonds is 6. The van der Waals surface area contributed by atoms with Crippen LogP contribution in [0.3, 0.4) is 0 Å². The van der Waals surface area contributed by atoms with Crippen molar-refractivity contribution in [2.24, 2.45) is 5.92 Å². The van der Waals surface area contributed by atoms with Gasteiger partial charge in [-0.05, 0) is 50.5 Å². The van der Waals surface area contributed by atoms with E-state index in [0.29, 0.717) is 5.92 Å². The lowest BCUT2D eigenvalue weighted by Gasteiger charge is -2.35. The normalized spacial score (nSPS) is 22.5. The van der Waals surface area contributed by atoms with E-state index in [1.54, 1.807) is 0 Å². The molecule has 21 heavy (non-hydrogen) atoms. The second kappa shape index (κ2) is 6.60. The highest BCUT2D eigenvalue weighted by Crippen LogP contribution is 2.28. The summed E-state index contributed by atoms with van der Waals surface area (Å²) >= 11 is 0. The van der Waals surface area contributed by atoms with Crippen LogP contribution in [0.2, 0.25) is 0 Å². The zero-order chi connectivity index (χ0) is 14.7. The summed E-state index contributed by atoms with van der Waals surface area (Å²) in [4.78, 5) is 14.4. The van der Waals surface area contributed by atoms with E-state index in [-0.39, 0.29) is 18.6 Å². The van der Waals surface area contributed by atoms with Gasteiger partial charge < -0.3 is 9.64 Å². The number of likely N-dealkylation sites (tertiary alicyclic amines) is 1. The molecular weight excluding hydrogens is 266 g/mol. The molecule has 3 rings (SSSR count). The molecule has 1 aliphatic carbocycles. The Labute approximate surface area is 126 Å². The molecule has 1 aromatic heterocycles. The van der Waals surface area contributed by atoms with Crippen molar-refractivity contribution < 1.29 is 9.53 Å². The van der Waals surface area contributed by atoms with E-state index in [9.17, 15) is 4.79 Å². The molecule has 5 heteroatoms. The van der Waals surface area contributed by atoms with E-state index in [2.05, 4.69) is 5.10 Å². The summed E-state index contributed by atoms with van der Waals surface area (Å²) in [5, 5.41) is 4.34. The summed E-state index contributed by atoms with van der Waals surface area (Å²) in [6.07, 6.45) is 9.79. The average Bonchev–Trinajstić information content (AvgIpc) is 3.21. The van der Waals surface area contributed by atoms with E-state index >= 15 is 0 Å². The molecule has 0 bridgehead atoms. The zero-order valence-corrected chi connectivity index (χ0v) is 12.8. The first-order chi connectivity index (χ1) is 10.2. The van der Waals surface area contributed by atoms with Gasteiger partial charge in [0.25, 0.3) is 0 Å². The minimum Gasteiger partial charge on any atom is -0.371 e. The lowest BCUT2D eigenvalue weighted by atomic mass is 10.0. The second-order valence-electron chi connectivity index (χ2n) is 6.43. The number of carbonyl (C=O) groups is 1. The Morgan fingerprint density at radius 1 is 1.38 bits per heavy atom. The van der Waals surface area contributed by atoms with Crippen LogP contribution in [0.5, 0.6) is 0 Å². The Balaban J connectivity index is 1.53. The van der Waals surface area contributed by atoms with Crippen molar-refractivity contribution in [3.05, 3.63) is 18.0 Å². The van der Waals surface area contributed by atoms with Gasteiger partial charge in [-0.15, -0.1) is 0 Å². The SMILES string of the molecule is Cc1cnn(C[C@@H]2CCCCN2C(=O)COCC2CC2)c1. The largest absolute Gasteiger partial charge is 0.371 e. The van der Waals surface area contributed by atoms with Gasteiger partial charge in [-0.25, -0.2) is 0 Å². The fraction of sp³-hybridized carbons (Fsp3) is 0.750. The van der Waals surface area contributed by atoms with Crippen LogP contribution in [0.1, 0.15) is 37.7 Å². The first kappa shape index (κ1) is 14.6. The summed E-state index contributed by atoms with van der Waals surface area (Å²) in [5.41, 5.74) is 1.16. The molecule has 2 heterocycles. The van der Waals surface area contributed by atoms with Gasteiger partial charge >= 0.3 is 0 Å². The maximum atomic E-state index is 12.4. The van der Waals surface area contributed by atoms with E-state index in [0.717, 1.165) is 38.1 Å². The third kappa shape index (κ3) is 4.06. The Morgan fingerprint density at radius 2 is 2.24 bits per heavy atom. The standard InChI is InChI=1S/C16H25N3O2/c1-13-8-17-18(9-13)10-15-4-2-3-7-19(15)16(20)12-21-11-14-5-6-14/h8-9,14-15H,2-7,10-12H2,1H3/t15-/m0/s1. The van der Waals surface area contributed by atoms with Gasteiger partial charge in [0.05, 0.1) is 25.4 Å². The molecule has 1 saturated carbocycles. The molecule has 0 spiro atoms. The van der Waals surface area contributed by atoms with Gasteiger partial charge in [-0.2, -0.15) is 5.10 Å². The van der Waals surface area contributed by atoms with E-state index in [4.69, 9.17) is 4.74 Å². The molecule has 0 aromatic carbocycles. The summed E-state index contributed by atoms with van der Waals surface area (Å²) in [6, 6.07) is 0.259. The van der Waals surface area contributed by atoms with Crippen molar-refractivity contribution in [1.29, 1.82) is 0 Å². The quantitative estimate of drug-likeness (QED) is 0.805. The fourth-order valence-electron chi connectivity index (χ4n) is 2.98. The van der Waals surface area contributed by atoms with Crippen molar-refractivity contribution in [2.45, 2.75) is 51.6 Å². The van der Waals surface area contributed by atoms with Crippen LogP contribution < -0.4 is 0 Å². The number of amides is 1. The lowest BCUT2D eigenvalue weighted by Crippen LogP contribution is -2.47. The third-order valence-electron chi connectivity index (χ3n) is 4.38. The van der Waals surface area contributed by atoms with E-state index in [1.807, 2.05) is 28.9 Å². The number of hydrogen-bond acceptors (Lipinski definition) is 3. The topological polar surface area (TPSA) is 47.4 Å². The Kier molecular flexibility index (Phi) is 4.58. The predicted molar refractivity (Wildman–Crippen MR) is 79.9 cm³/mol. The van der Waals surface area contributed by atoms with Crippen molar-refractivity contribution >= 4 is 5.91 Å². The van der Waals surface area contributed by atoms with Crippen LogP contribution in [0, 0.1) is 12.8 Å². The smallest absolute Gasteiger partial charge is 0.248 e. The van der Waals surface area contributed by atoms with Gasteiger partial charge in [-0.3, -0.25) is 9.48 Å². The number of hydrogen-bond donors (Lipinski definition) is 0. The van der Waals surface area contributed by atoms with Gasteiger partial charge in [0.1, 0.15) is 6.61 Å². The zero-order valence-electron chi connectivity index (χ0n) is 12.8. The molecule has 0 N–H and O–H groups in total. The van der Waals surface area contributed by atoms with Crippen molar-refractivity contribution in [1.82, 2.24) is 14.7 Å². The van der Waals surface area contributed by atoms with Crippen LogP contribution >= 0.6 is 0 Å². The van der Waals surface area contributed by atoms with Crippen molar-refractivity contribution in [3.8, 4) is 0 Å². The predicted octanol–water partition coefficient (Wildman–Crippen LogP) is 2.00. The fourth-order valence-corrected chi connectivity index (χ4v) is 2.98. The minimum absolute atomic E-state index is 0.143.